The first-order chi connectivity index (χ1) is 11.2. The van der Waals surface area contributed by atoms with Crippen molar-refractivity contribution in [3.63, 3.8) is 0 Å². The van der Waals surface area contributed by atoms with Gasteiger partial charge in [-0.25, -0.2) is 4.98 Å². The lowest BCUT2D eigenvalue weighted by atomic mass is 10.1. The third-order valence-electron chi connectivity index (χ3n) is 3.33. The second-order valence-corrected chi connectivity index (χ2v) is 5.22. The molecule has 0 unspecified atom stereocenters. The summed E-state index contributed by atoms with van der Waals surface area (Å²) in [5.74, 6) is 0.780. The van der Waals surface area contributed by atoms with E-state index >= 15 is 0 Å². The molecule has 0 spiro atoms. The number of benzene rings is 1. The summed E-state index contributed by atoms with van der Waals surface area (Å²) in [6.07, 6.45) is 3.33. The second-order valence-electron chi connectivity index (χ2n) is 4.81. The first-order valence-corrected chi connectivity index (χ1v) is 7.77. The number of nitrogens with one attached hydrogen (secondary N) is 2. The van der Waals surface area contributed by atoms with Crippen molar-refractivity contribution >= 4 is 28.8 Å². The number of rotatable bonds is 6. The van der Waals surface area contributed by atoms with E-state index in [9.17, 15) is 0 Å². The Bertz CT molecular complexity index is 724. The number of nitrogens with zero attached hydrogens (tertiary/aromatic N) is 4. The SMILES string of the molecule is CCc1cccnc1NC(=S)NCCc1ccccc1N=[N+]=[N-]. The Balaban J connectivity index is 1.89. The van der Waals surface area contributed by atoms with Crippen molar-refractivity contribution in [3.8, 4) is 0 Å². The highest BCUT2D eigenvalue weighted by Gasteiger charge is 2.04. The Hall–Kier alpha value is -2.63. The van der Waals surface area contributed by atoms with E-state index in [0.29, 0.717) is 23.8 Å². The minimum atomic E-state index is 0.527. The summed E-state index contributed by atoms with van der Waals surface area (Å²) in [6.45, 7) is 2.71. The number of aromatic nitrogens is 1. The fourth-order valence-electron chi connectivity index (χ4n) is 2.17. The molecule has 1 heterocycles. The molecule has 0 aliphatic rings. The summed E-state index contributed by atoms with van der Waals surface area (Å²) >= 11 is 5.30. The van der Waals surface area contributed by atoms with E-state index in [1.54, 1.807) is 12.3 Å². The Morgan fingerprint density at radius 2 is 2.04 bits per heavy atom. The van der Waals surface area contributed by atoms with E-state index in [4.69, 9.17) is 17.7 Å². The molecule has 0 aliphatic carbocycles. The summed E-state index contributed by atoms with van der Waals surface area (Å²) in [4.78, 5) is 7.14. The zero-order valence-electron chi connectivity index (χ0n) is 12.9. The van der Waals surface area contributed by atoms with E-state index in [2.05, 4.69) is 32.6 Å². The van der Waals surface area contributed by atoms with Crippen LogP contribution in [0.5, 0.6) is 0 Å². The van der Waals surface area contributed by atoms with Gasteiger partial charge in [0.25, 0.3) is 0 Å². The molecule has 0 atom stereocenters. The minimum absolute atomic E-state index is 0.527. The molecule has 0 saturated heterocycles. The Morgan fingerprint density at radius 1 is 1.26 bits per heavy atom. The summed E-state index contributed by atoms with van der Waals surface area (Å²) < 4.78 is 0. The van der Waals surface area contributed by atoms with E-state index in [0.717, 1.165) is 23.4 Å². The molecule has 2 N–H and O–H groups in total. The quantitative estimate of drug-likeness (QED) is 0.362. The maximum absolute atomic E-state index is 8.58. The van der Waals surface area contributed by atoms with Crippen molar-refractivity contribution in [2.45, 2.75) is 19.8 Å². The van der Waals surface area contributed by atoms with Gasteiger partial charge in [-0.05, 0) is 47.8 Å². The number of hydrogen-bond acceptors (Lipinski definition) is 3. The van der Waals surface area contributed by atoms with Gasteiger partial charge in [0.2, 0.25) is 0 Å². The van der Waals surface area contributed by atoms with Crippen LogP contribution in [-0.2, 0) is 12.8 Å². The maximum Gasteiger partial charge on any atom is 0.171 e. The van der Waals surface area contributed by atoms with Gasteiger partial charge in [-0.2, -0.15) is 0 Å². The van der Waals surface area contributed by atoms with Crippen LogP contribution >= 0.6 is 12.2 Å². The highest BCUT2D eigenvalue weighted by atomic mass is 32.1. The van der Waals surface area contributed by atoms with Crippen LogP contribution in [0.4, 0.5) is 11.5 Å². The number of aryl methyl sites for hydroxylation is 1. The van der Waals surface area contributed by atoms with Gasteiger partial charge in [-0.3, -0.25) is 0 Å². The molecule has 1 aromatic carbocycles. The topological polar surface area (TPSA) is 85.7 Å². The number of anilines is 1. The third-order valence-corrected chi connectivity index (χ3v) is 3.57. The van der Waals surface area contributed by atoms with Gasteiger partial charge in [-0.15, -0.1) is 0 Å². The van der Waals surface area contributed by atoms with Gasteiger partial charge in [0.05, 0.1) is 0 Å². The average Bonchev–Trinajstić information content (AvgIpc) is 2.57. The number of thiocarbonyl (C=S) groups is 1. The van der Waals surface area contributed by atoms with Crippen LogP contribution in [0.15, 0.2) is 47.7 Å². The largest absolute Gasteiger partial charge is 0.362 e. The van der Waals surface area contributed by atoms with Gasteiger partial charge in [-0.1, -0.05) is 42.4 Å². The fourth-order valence-corrected chi connectivity index (χ4v) is 2.37. The van der Waals surface area contributed by atoms with E-state index in [-0.39, 0.29) is 0 Å². The minimum Gasteiger partial charge on any atom is -0.362 e. The Morgan fingerprint density at radius 3 is 2.83 bits per heavy atom. The molecule has 0 bridgehead atoms. The normalized spacial score (nSPS) is 9.78. The third kappa shape index (κ3) is 4.95. The molecule has 0 amide bonds. The van der Waals surface area contributed by atoms with Crippen LogP contribution in [0.1, 0.15) is 18.1 Å². The molecule has 0 saturated carbocycles. The number of pyridine rings is 1. The van der Waals surface area contributed by atoms with E-state index in [1.807, 2.05) is 30.3 Å². The second kappa shape index (κ2) is 8.73. The van der Waals surface area contributed by atoms with Crippen molar-refractivity contribution in [2.24, 2.45) is 5.11 Å². The summed E-state index contributed by atoms with van der Waals surface area (Å²) in [6, 6.07) is 11.4. The van der Waals surface area contributed by atoms with Crippen molar-refractivity contribution in [3.05, 3.63) is 64.2 Å². The summed E-state index contributed by atoms with van der Waals surface area (Å²) in [5.41, 5.74) is 11.3. The molecule has 6 nitrogen and oxygen atoms in total. The molecule has 118 valence electrons. The highest BCUT2D eigenvalue weighted by molar-refractivity contribution is 7.80. The predicted molar refractivity (Wildman–Crippen MR) is 96.8 cm³/mol. The van der Waals surface area contributed by atoms with Crippen LogP contribution in [0, 0.1) is 0 Å². The Kier molecular flexibility index (Phi) is 6.35. The van der Waals surface area contributed by atoms with Crippen molar-refractivity contribution in [1.82, 2.24) is 10.3 Å². The molecule has 2 rings (SSSR count). The molecule has 0 radical (unpaired) electrons. The van der Waals surface area contributed by atoms with Crippen molar-refractivity contribution in [1.29, 1.82) is 0 Å². The average molecular weight is 326 g/mol. The number of hydrogen-bond donors (Lipinski definition) is 2. The first kappa shape index (κ1) is 16.7. The van der Waals surface area contributed by atoms with Gasteiger partial charge in [0.15, 0.2) is 5.11 Å². The molecule has 0 aliphatic heterocycles. The highest BCUT2D eigenvalue weighted by Crippen LogP contribution is 2.19. The zero-order chi connectivity index (χ0) is 16.5. The van der Waals surface area contributed by atoms with Crippen molar-refractivity contribution < 1.29 is 0 Å². The lowest BCUT2D eigenvalue weighted by Crippen LogP contribution is -2.30. The van der Waals surface area contributed by atoms with E-state index < -0.39 is 0 Å². The molecule has 7 heteroatoms. The van der Waals surface area contributed by atoms with Crippen LogP contribution in [-0.4, -0.2) is 16.6 Å². The van der Waals surface area contributed by atoms with Crippen LogP contribution < -0.4 is 10.6 Å². The lowest BCUT2D eigenvalue weighted by molar-refractivity contribution is 0.872. The maximum atomic E-state index is 8.58. The van der Waals surface area contributed by atoms with Gasteiger partial charge in [0.1, 0.15) is 5.82 Å². The van der Waals surface area contributed by atoms with Gasteiger partial charge in [0, 0.05) is 23.3 Å². The first-order valence-electron chi connectivity index (χ1n) is 7.36. The summed E-state index contributed by atoms with van der Waals surface area (Å²) in [5, 5.41) is 10.5. The van der Waals surface area contributed by atoms with Crippen molar-refractivity contribution in [2.75, 3.05) is 11.9 Å². The molecular formula is C16H18N6S. The summed E-state index contributed by atoms with van der Waals surface area (Å²) in [7, 11) is 0. The molecule has 2 aromatic rings. The smallest absolute Gasteiger partial charge is 0.171 e. The van der Waals surface area contributed by atoms with E-state index in [1.165, 1.54) is 0 Å². The molecule has 1 aromatic heterocycles. The lowest BCUT2D eigenvalue weighted by Gasteiger charge is -2.12. The van der Waals surface area contributed by atoms with Crippen LogP contribution in [0.2, 0.25) is 0 Å². The standard InChI is InChI=1S/C16H18N6S/c1-2-12-7-5-10-18-15(12)20-16(23)19-11-9-13-6-3-4-8-14(13)21-22-17/h3-8,10H,2,9,11H2,1H3,(H2,18,19,20,23). The molecular weight excluding hydrogens is 308 g/mol. The van der Waals surface area contributed by atoms with Crippen LogP contribution in [0.25, 0.3) is 10.4 Å². The fraction of sp³-hybridized carbons (Fsp3) is 0.250. The number of azide groups is 1. The molecule has 23 heavy (non-hydrogen) atoms. The molecule has 0 fully saturated rings. The zero-order valence-corrected chi connectivity index (χ0v) is 13.7. The van der Waals surface area contributed by atoms with Gasteiger partial charge < -0.3 is 10.6 Å². The van der Waals surface area contributed by atoms with Crippen LogP contribution in [0.3, 0.4) is 0 Å². The monoisotopic (exact) mass is 326 g/mol. The Labute approximate surface area is 140 Å². The predicted octanol–water partition coefficient (Wildman–Crippen LogP) is 4.11. The van der Waals surface area contributed by atoms with Gasteiger partial charge >= 0.3 is 0 Å².